The number of phenolic OH excluding ortho intramolecular Hbond substituents is 1. The first-order chi connectivity index (χ1) is 19.2. The van der Waals surface area contributed by atoms with Gasteiger partial charge in [0, 0.05) is 12.1 Å². The molecule has 9 nitrogen and oxygen atoms in total. The van der Waals surface area contributed by atoms with Crippen LogP contribution in [0.5, 0.6) is 5.75 Å². The number of phenols is 1. The van der Waals surface area contributed by atoms with Gasteiger partial charge in [-0.1, -0.05) is 59.8 Å². The number of rotatable bonds is 8. The summed E-state index contributed by atoms with van der Waals surface area (Å²) in [6.07, 6.45) is -4.66. The molecular weight excluding hydrogens is 527 g/mol. The number of aromatic nitrogens is 4. The van der Waals surface area contributed by atoms with Gasteiger partial charge in [0.25, 0.3) is 11.8 Å². The number of hydrogen-bond donors (Lipinski definition) is 3. The molecule has 0 radical (unpaired) electrons. The van der Waals surface area contributed by atoms with Crippen LogP contribution in [0.1, 0.15) is 22.9 Å². The zero-order chi connectivity index (χ0) is 28.3. The molecule has 1 atom stereocenters. The van der Waals surface area contributed by atoms with E-state index in [-0.39, 0.29) is 35.3 Å². The lowest BCUT2D eigenvalue weighted by molar-refractivity contribution is -0.142. The van der Waals surface area contributed by atoms with Gasteiger partial charge in [-0.25, -0.2) is 4.68 Å². The van der Waals surface area contributed by atoms with Gasteiger partial charge in [0.05, 0.1) is 17.4 Å². The molecule has 2 aromatic heterocycles. The maximum atomic E-state index is 14.0. The fraction of sp³-hybridized carbons (Fsp3) is 0.143. The average Bonchev–Trinajstić information content (AvgIpc) is 3.62. The molecule has 5 rings (SSSR count). The number of nitrogens with zero attached hydrogens (tertiary/aromatic N) is 4. The molecule has 40 heavy (non-hydrogen) atoms. The summed E-state index contributed by atoms with van der Waals surface area (Å²) in [6, 6.07) is 20.5. The number of carbonyl (C=O) groups excluding carboxylic acids is 1. The lowest BCUT2D eigenvalue weighted by Gasteiger charge is -2.12. The Morgan fingerprint density at radius 3 is 2.38 bits per heavy atom. The molecular formula is C28H22F3N5O4. The van der Waals surface area contributed by atoms with Crippen molar-refractivity contribution in [3.63, 3.8) is 0 Å². The second kappa shape index (κ2) is 11.0. The molecule has 5 aromatic rings. The Morgan fingerprint density at radius 2 is 1.70 bits per heavy atom. The fourth-order valence-corrected chi connectivity index (χ4v) is 4.05. The normalized spacial score (nSPS) is 12.3. The molecule has 0 saturated heterocycles. The van der Waals surface area contributed by atoms with E-state index in [1.54, 1.807) is 42.5 Å². The van der Waals surface area contributed by atoms with Crippen LogP contribution in [0.2, 0.25) is 0 Å². The number of alkyl halides is 3. The topological polar surface area (TPSA) is 126 Å². The first kappa shape index (κ1) is 26.6. The molecule has 12 heteroatoms. The SMILES string of the molecule is O=C(NCCc1ccc(O)cc1)[C@H](O)c1ccc(-c2noc(-c3cnn(-c4ccccc4)c3C(F)(F)F)n2)cc1. The van der Waals surface area contributed by atoms with Crippen molar-refractivity contribution in [3.05, 3.63) is 102 Å². The lowest BCUT2D eigenvalue weighted by atomic mass is 10.1. The Balaban J connectivity index is 1.29. The molecule has 0 unspecified atom stereocenters. The van der Waals surface area contributed by atoms with Crippen LogP contribution in [0, 0.1) is 0 Å². The molecule has 204 valence electrons. The third kappa shape index (κ3) is 5.71. The monoisotopic (exact) mass is 549 g/mol. The van der Waals surface area contributed by atoms with Crippen molar-refractivity contribution in [2.75, 3.05) is 6.54 Å². The number of aliphatic hydroxyl groups excluding tert-OH is 1. The number of benzene rings is 3. The molecule has 0 spiro atoms. The van der Waals surface area contributed by atoms with Gasteiger partial charge in [0.1, 0.15) is 5.75 Å². The molecule has 0 aliphatic heterocycles. The second-order valence-corrected chi connectivity index (χ2v) is 8.81. The van der Waals surface area contributed by atoms with Crippen LogP contribution < -0.4 is 5.32 Å². The summed E-state index contributed by atoms with van der Waals surface area (Å²) < 4.78 is 47.9. The summed E-state index contributed by atoms with van der Waals surface area (Å²) in [5.41, 5.74) is 0.418. The number of aromatic hydroxyl groups is 1. The van der Waals surface area contributed by atoms with Crippen molar-refractivity contribution in [3.8, 4) is 34.3 Å². The third-order valence-electron chi connectivity index (χ3n) is 6.08. The highest BCUT2D eigenvalue weighted by atomic mass is 19.4. The van der Waals surface area contributed by atoms with E-state index < -0.39 is 23.9 Å². The average molecular weight is 550 g/mol. The highest BCUT2D eigenvalue weighted by Gasteiger charge is 2.40. The van der Waals surface area contributed by atoms with Gasteiger partial charge in [-0.05, 0) is 41.8 Å². The number of hydrogen-bond acceptors (Lipinski definition) is 7. The van der Waals surface area contributed by atoms with Crippen LogP contribution in [0.25, 0.3) is 28.5 Å². The smallest absolute Gasteiger partial charge is 0.434 e. The van der Waals surface area contributed by atoms with E-state index in [0.717, 1.165) is 16.4 Å². The van der Waals surface area contributed by atoms with Crippen molar-refractivity contribution >= 4 is 5.91 Å². The Morgan fingerprint density at radius 1 is 1.00 bits per heavy atom. The molecule has 0 saturated carbocycles. The van der Waals surface area contributed by atoms with E-state index in [4.69, 9.17) is 4.52 Å². The first-order valence-corrected chi connectivity index (χ1v) is 12.1. The van der Waals surface area contributed by atoms with Crippen molar-refractivity contribution in [1.82, 2.24) is 25.2 Å². The molecule has 0 aliphatic rings. The number of aliphatic hydroxyl groups is 1. The number of nitrogens with one attached hydrogen (secondary N) is 1. The van der Waals surface area contributed by atoms with Gasteiger partial charge in [0.15, 0.2) is 11.8 Å². The molecule has 0 aliphatic carbocycles. The highest BCUT2D eigenvalue weighted by molar-refractivity contribution is 5.82. The minimum absolute atomic E-state index is 0.0231. The van der Waals surface area contributed by atoms with E-state index in [1.807, 2.05) is 0 Å². The van der Waals surface area contributed by atoms with E-state index >= 15 is 0 Å². The minimum Gasteiger partial charge on any atom is -0.508 e. The quantitative estimate of drug-likeness (QED) is 0.256. The highest BCUT2D eigenvalue weighted by Crippen LogP contribution is 2.38. The predicted octanol–water partition coefficient (Wildman–Crippen LogP) is 4.71. The van der Waals surface area contributed by atoms with Crippen LogP contribution in [-0.4, -0.2) is 42.6 Å². The van der Waals surface area contributed by atoms with Crippen molar-refractivity contribution < 1.29 is 32.7 Å². The van der Waals surface area contributed by atoms with Crippen LogP contribution >= 0.6 is 0 Å². The zero-order valence-electron chi connectivity index (χ0n) is 20.7. The fourth-order valence-electron chi connectivity index (χ4n) is 4.05. The molecule has 1 amide bonds. The Kier molecular flexibility index (Phi) is 7.34. The Hall–Kier alpha value is -4.97. The van der Waals surface area contributed by atoms with Crippen molar-refractivity contribution in [1.29, 1.82) is 0 Å². The maximum Gasteiger partial charge on any atom is 0.434 e. The number of para-hydroxylation sites is 1. The summed E-state index contributed by atoms with van der Waals surface area (Å²) in [7, 11) is 0. The largest absolute Gasteiger partial charge is 0.508 e. The van der Waals surface area contributed by atoms with E-state index in [9.17, 15) is 28.2 Å². The van der Waals surface area contributed by atoms with E-state index in [1.165, 1.54) is 36.4 Å². The summed E-state index contributed by atoms with van der Waals surface area (Å²) in [4.78, 5) is 16.5. The number of amides is 1. The van der Waals surface area contributed by atoms with Gasteiger partial charge >= 0.3 is 6.18 Å². The van der Waals surface area contributed by atoms with Gasteiger partial charge in [-0.3, -0.25) is 4.79 Å². The van der Waals surface area contributed by atoms with Crippen molar-refractivity contribution in [2.24, 2.45) is 0 Å². The number of carbonyl (C=O) groups is 1. The van der Waals surface area contributed by atoms with Crippen LogP contribution in [0.4, 0.5) is 13.2 Å². The standard InChI is InChI=1S/C28H22F3N5O4/c29-28(30,31)24-22(16-33-36(24)20-4-2-1-3-5-20)27-34-25(35-40-27)19-10-8-18(9-11-19)23(38)26(39)32-15-14-17-6-12-21(37)13-7-17/h1-13,16,23,37-38H,14-15H2,(H,32,39)/t23-/m1/s1. The third-order valence-corrected chi connectivity index (χ3v) is 6.08. The molecule has 0 bridgehead atoms. The summed E-state index contributed by atoms with van der Waals surface area (Å²) in [5.74, 6) is -0.783. The number of halogens is 3. The lowest BCUT2D eigenvalue weighted by Crippen LogP contribution is -2.30. The van der Waals surface area contributed by atoms with Gasteiger partial charge in [0.2, 0.25) is 5.82 Å². The van der Waals surface area contributed by atoms with Gasteiger partial charge in [-0.2, -0.15) is 23.3 Å². The van der Waals surface area contributed by atoms with Crippen LogP contribution in [-0.2, 0) is 17.4 Å². The minimum atomic E-state index is -4.75. The summed E-state index contributed by atoms with van der Waals surface area (Å²) >= 11 is 0. The summed E-state index contributed by atoms with van der Waals surface area (Å²) in [5, 5.41) is 30.1. The van der Waals surface area contributed by atoms with Gasteiger partial charge in [-0.15, -0.1) is 0 Å². The van der Waals surface area contributed by atoms with Gasteiger partial charge < -0.3 is 20.1 Å². The summed E-state index contributed by atoms with van der Waals surface area (Å²) in [6.45, 7) is 0.283. The van der Waals surface area contributed by atoms with Crippen molar-refractivity contribution in [2.45, 2.75) is 18.7 Å². The first-order valence-electron chi connectivity index (χ1n) is 12.1. The zero-order valence-corrected chi connectivity index (χ0v) is 20.7. The predicted molar refractivity (Wildman–Crippen MR) is 137 cm³/mol. The molecule has 2 heterocycles. The molecule has 3 N–H and O–H groups in total. The van der Waals surface area contributed by atoms with E-state index in [2.05, 4.69) is 20.6 Å². The maximum absolute atomic E-state index is 14.0. The second-order valence-electron chi connectivity index (χ2n) is 8.81. The van der Waals surface area contributed by atoms with E-state index in [0.29, 0.717) is 17.5 Å². The van der Waals surface area contributed by atoms with Crippen LogP contribution in [0.3, 0.4) is 0 Å². The Labute approximate surface area is 225 Å². The van der Waals surface area contributed by atoms with Crippen LogP contribution in [0.15, 0.2) is 89.6 Å². The molecule has 3 aromatic carbocycles. The Bertz CT molecular complexity index is 1600. The molecule has 0 fully saturated rings.